The Morgan fingerprint density at radius 2 is 2.30 bits per heavy atom. The molecule has 104 valence electrons. The second kappa shape index (κ2) is 6.06. The molecule has 1 N–H and O–H groups in total. The van der Waals surface area contributed by atoms with Crippen LogP contribution in [-0.2, 0) is 12.8 Å². The SMILES string of the molecule is C[C@H](NCCc1ccc2c(c1)CCO2)c1cccnc1. The molecule has 1 aromatic carbocycles. The topological polar surface area (TPSA) is 34.1 Å². The highest BCUT2D eigenvalue weighted by atomic mass is 16.5. The summed E-state index contributed by atoms with van der Waals surface area (Å²) >= 11 is 0. The number of nitrogens with one attached hydrogen (secondary N) is 1. The molecule has 1 atom stereocenters. The normalized spacial score (nSPS) is 14.7. The van der Waals surface area contributed by atoms with Crippen LogP contribution in [0.15, 0.2) is 42.7 Å². The second-order valence-corrected chi connectivity index (χ2v) is 5.25. The van der Waals surface area contributed by atoms with Crippen molar-refractivity contribution < 1.29 is 4.74 Å². The van der Waals surface area contributed by atoms with Crippen LogP contribution in [0.3, 0.4) is 0 Å². The van der Waals surface area contributed by atoms with Crippen LogP contribution < -0.4 is 10.1 Å². The van der Waals surface area contributed by atoms with Crippen LogP contribution in [0.25, 0.3) is 0 Å². The van der Waals surface area contributed by atoms with Gasteiger partial charge in [0.1, 0.15) is 5.75 Å². The fraction of sp³-hybridized carbons (Fsp3) is 0.353. The van der Waals surface area contributed by atoms with Gasteiger partial charge in [-0.15, -0.1) is 0 Å². The minimum absolute atomic E-state index is 0.335. The predicted molar refractivity (Wildman–Crippen MR) is 80.0 cm³/mol. The van der Waals surface area contributed by atoms with Crippen LogP contribution in [-0.4, -0.2) is 18.1 Å². The zero-order valence-corrected chi connectivity index (χ0v) is 11.8. The number of ether oxygens (including phenoxy) is 1. The number of fused-ring (bicyclic) bond motifs is 1. The number of aromatic nitrogens is 1. The monoisotopic (exact) mass is 268 g/mol. The van der Waals surface area contributed by atoms with E-state index < -0.39 is 0 Å². The summed E-state index contributed by atoms with van der Waals surface area (Å²) in [4.78, 5) is 4.16. The van der Waals surface area contributed by atoms with E-state index in [4.69, 9.17) is 4.74 Å². The maximum absolute atomic E-state index is 5.53. The van der Waals surface area contributed by atoms with Gasteiger partial charge in [0, 0.05) is 24.9 Å². The van der Waals surface area contributed by atoms with Gasteiger partial charge in [-0.2, -0.15) is 0 Å². The van der Waals surface area contributed by atoms with Crippen LogP contribution in [0.1, 0.15) is 29.7 Å². The Labute approximate surface area is 120 Å². The van der Waals surface area contributed by atoms with Gasteiger partial charge in [-0.25, -0.2) is 0 Å². The zero-order chi connectivity index (χ0) is 13.8. The highest BCUT2D eigenvalue weighted by Crippen LogP contribution is 2.25. The molecule has 3 heteroatoms. The van der Waals surface area contributed by atoms with Crippen LogP contribution in [0.4, 0.5) is 0 Å². The summed E-state index contributed by atoms with van der Waals surface area (Å²) in [7, 11) is 0. The first-order valence-corrected chi connectivity index (χ1v) is 7.21. The summed E-state index contributed by atoms with van der Waals surface area (Å²) in [6, 6.07) is 11.0. The maximum atomic E-state index is 5.53. The van der Waals surface area contributed by atoms with Gasteiger partial charge >= 0.3 is 0 Å². The summed E-state index contributed by atoms with van der Waals surface area (Å²) in [6.07, 6.45) is 5.81. The molecule has 0 bridgehead atoms. The summed E-state index contributed by atoms with van der Waals surface area (Å²) in [5.41, 5.74) is 3.96. The molecule has 0 fully saturated rings. The van der Waals surface area contributed by atoms with E-state index in [0.717, 1.165) is 31.7 Å². The van der Waals surface area contributed by atoms with E-state index in [-0.39, 0.29) is 0 Å². The van der Waals surface area contributed by atoms with Crippen molar-refractivity contribution in [1.82, 2.24) is 10.3 Å². The molecule has 0 unspecified atom stereocenters. The molecule has 0 radical (unpaired) electrons. The molecule has 0 amide bonds. The number of benzene rings is 1. The molecular weight excluding hydrogens is 248 g/mol. The van der Waals surface area contributed by atoms with Crippen molar-refractivity contribution in [2.75, 3.05) is 13.2 Å². The van der Waals surface area contributed by atoms with Crippen molar-refractivity contribution in [3.8, 4) is 5.75 Å². The summed E-state index contributed by atoms with van der Waals surface area (Å²) < 4.78 is 5.53. The van der Waals surface area contributed by atoms with Crippen molar-refractivity contribution in [1.29, 1.82) is 0 Å². The smallest absolute Gasteiger partial charge is 0.122 e. The van der Waals surface area contributed by atoms with Gasteiger partial charge in [-0.1, -0.05) is 18.2 Å². The quantitative estimate of drug-likeness (QED) is 0.905. The average molecular weight is 268 g/mol. The van der Waals surface area contributed by atoms with Crippen LogP contribution >= 0.6 is 0 Å². The van der Waals surface area contributed by atoms with Crippen LogP contribution in [0.5, 0.6) is 5.75 Å². The van der Waals surface area contributed by atoms with E-state index in [0.29, 0.717) is 6.04 Å². The minimum atomic E-state index is 0.335. The molecule has 0 aliphatic carbocycles. The van der Waals surface area contributed by atoms with E-state index in [1.807, 2.05) is 18.5 Å². The van der Waals surface area contributed by atoms with Gasteiger partial charge in [-0.3, -0.25) is 4.98 Å². The van der Waals surface area contributed by atoms with E-state index in [2.05, 4.69) is 41.5 Å². The third kappa shape index (κ3) is 2.99. The number of rotatable bonds is 5. The highest BCUT2D eigenvalue weighted by molar-refractivity contribution is 5.39. The first kappa shape index (κ1) is 13.1. The fourth-order valence-corrected chi connectivity index (χ4v) is 2.58. The Hall–Kier alpha value is -1.87. The molecule has 1 aliphatic rings. The van der Waals surface area contributed by atoms with Crippen molar-refractivity contribution in [3.63, 3.8) is 0 Å². The lowest BCUT2D eigenvalue weighted by Gasteiger charge is -2.13. The van der Waals surface area contributed by atoms with E-state index in [1.54, 1.807) is 0 Å². The van der Waals surface area contributed by atoms with E-state index >= 15 is 0 Å². The third-order valence-corrected chi connectivity index (χ3v) is 3.80. The van der Waals surface area contributed by atoms with Gasteiger partial charge in [0.2, 0.25) is 0 Å². The molecule has 3 rings (SSSR count). The third-order valence-electron chi connectivity index (χ3n) is 3.80. The predicted octanol–water partition coefficient (Wildman–Crippen LogP) is 2.91. The lowest BCUT2D eigenvalue weighted by Crippen LogP contribution is -2.21. The van der Waals surface area contributed by atoms with Crippen LogP contribution in [0, 0.1) is 0 Å². The maximum Gasteiger partial charge on any atom is 0.122 e. The van der Waals surface area contributed by atoms with Gasteiger partial charge in [-0.05, 0) is 48.7 Å². The number of hydrogen-bond acceptors (Lipinski definition) is 3. The van der Waals surface area contributed by atoms with Gasteiger partial charge in [0.05, 0.1) is 6.61 Å². The molecule has 1 aromatic heterocycles. The van der Waals surface area contributed by atoms with Crippen molar-refractivity contribution in [3.05, 3.63) is 59.4 Å². The fourth-order valence-electron chi connectivity index (χ4n) is 2.58. The summed E-state index contributed by atoms with van der Waals surface area (Å²) in [5.74, 6) is 1.06. The lowest BCUT2D eigenvalue weighted by atomic mass is 10.1. The second-order valence-electron chi connectivity index (χ2n) is 5.25. The minimum Gasteiger partial charge on any atom is -0.493 e. The summed E-state index contributed by atoms with van der Waals surface area (Å²) in [5, 5.41) is 3.54. The molecular formula is C17H20N2O. The van der Waals surface area contributed by atoms with Gasteiger partial charge in [0.25, 0.3) is 0 Å². The Morgan fingerprint density at radius 1 is 1.35 bits per heavy atom. The molecule has 2 aromatic rings. The first-order chi connectivity index (χ1) is 9.83. The Bertz CT molecular complexity index is 568. The number of hydrogen-bond donors (Lipinski definition) is 1. The van der Waals surface area contributed by atoms with E-state index in [9.17, 15) is 0 Å². The molecule has 2 heterocycles. The summed E-state index contributed by atoms with van der Waals surface area (Å²) in [6.45, 7) is 3.97. The zero-order valence-electron chi connectivity index (χ0n) is 11.8. The Balaban J connectivity index is 1.53. The van der Waals surface area contributed by atoms with Crippen LogP contribution in [0.2, 0.25) is 0 Å². The van der Waals surface area contributed by atoms with E-state index in [1.165, 1.54) is 16.7 Å². The largest absolute Gasteiger partial charge is 0.493 e. The highest BCUT2D eigenvalue weighted by Gasteiger charge is 2.12. The molecule has 0 saturated carbocycles. The first-order valence-electron chi connectivity index (χ1n) is 7.21. The van der Waals surface area contributed by atoms with Crippen molar-refractivity contribution in [2.45, 2.75) is 25.8 Å². The average Bonchev–Trinajstić information content (AvgIpc) is 2.95. The lowest BCUT2D eigenvalue weighted by molar-refractivity contribution is 0.357. The Morgan fingerprint density at radius 3 is 3.15 bits per heavy atom. The standard InChI is InChI=1S/C17H20N2O/c1-13(16-3-2-8-18-12-16)19-9-6-14-4-5-17-15(11-14)7-10-20-17/h2-5,8,11-13,19H,6-7,9-10H2,1H3/t13-/m0/s1. The molecule has 20 heavy (non-hydrogen) atoms. The van der Waals surface area contributed by atoms with Crippen molar-refractivity contribution >= 4 is 0 Å². The molecule has 0 spiro atoms. The molecule has 3 nitrogen and oxygen atoms in total. The van der Waals surface area contributed by atoms with Gasteiger partial charge in [0.15, 0.2) is 0 Å². The number of nitrogens with zero attached hydrogens (tertiary/aromatic N) is 1. The number of pyridine rings is 1. The van der Waals surface area contributed by atoms with Crippen molar-refractivity contribution in [2.24, 2.45) is 0 Å². The Kier molecular flexibility index (Phi) is 3.97. The molecule has 1 aliphatic heterocycles. The van der Waals surface area contributed by atoms with Gasteiger partial charge < -0.3 is 10.1 Å². The molecule has 0 saturated heterocycles.